The standard InChI is InChI=1S/C33H42N2O5/c1-22-13-12-14-23(2)31(22)39-21-28(37)29(30(34)25-17-10-7-11-18-25)27(36)20-26(19-24-15-8-6-9-16-24)35-32(38)40-33(3,4)5/h6-18,26-27,29-30,36H,19-21,34H2,1-5H3,(H,35,38)/t26-,27+,29-,30?/m0/s1. The molecule has 214 valence electrons. The SMILES string of the molecule is Cc1cccc(C)c1OCC(=O)[C@@H](C(N)c1ccccc1)[C@H](O)C[C@H](Cc1ccccc1)NC(=O)OC(C)(C)C. The van der Waals surface area contributed by atoms with Gasteiger partial charge in [0.15, 0.2) is 5.78 Å². The maximum Gasteiger partial charge on any atom is 0.407 e. The Morgan fingerprint density at radius 2 is 1.48 bits per heavy atom. The highest BCUT2D eigenvalue weighted by Crippen LogP contribution is 2.28. The van der Waals surface area contributed by atoms with Gasteiger partial charge in [0.1, 0.15) is 18.0 Å². The third-order valence-corrected chi connectivity index (χ3v) is 6.70. The van der Waals surface area contributed by atoms with E-state index in [9.17, 15) is 14.7 Å². The van der Waals surface area contributed by atoms with Crippen LogP contribution in [0.1, 0.15) is 55.5 Å². The molecule has 0 aromatic heterocycles. The van der Waals surface area contributed by atoms with Crippen molar-refractivity contribution in [1.82, 2.24) is 5.32 Å². The Morgan fingerprint density at radius 1 is 0.900 bits per heavy atom. The number of amides is 1. The number of benzene rings is 3. The predicted octanol–water partition coefficient (Wildman–Crippen LogP) is 5.45. The summed E-state index contributed by atoms with van der Waals surface area (Å²) in [4.78, 5) is 26.4. The fraction of sp³-hybridized carbons (Fsp3) is 0.394. The van der Waals surface area contributed by atoms with Gasteiger partial charge in [-0.2, -0.15) is 0 Å². The maximum atomic E-state index is 13.7. The topological polar surface area (TPSA) is 111 Å². The van der Waals surface area contributed by atoms with Crippen molar-refractivity contribution < 1.29 is 24.2 Å². The lowest BCUT2D eigenvalue weighted by molar-refractivity contribution is -0.129. The van der Waals surface area contributed by atoms with Gasteiger partial charge >= 0.3 is 6.09 Å². The minimum atomic E-state index is -1.16. The maximum absolute atomic E-state index is 13.7. The fourth-order valence-corrected chi connectivity index (χ4v) is 4.81. The van der Waals surface area contributed by atoms with E-state index in [-0.39, 0.29) is 18.8 Å². The molecule has 4 N–H and O–H groups in total. The summed E-state index contributed by atoms with van der Waals surface area (Å²) in [6, 6.07) is 23.4. The number of Topliss-reactive ketones (excluding diaryl/α,β-unsaturated/α-hetero) is 1. The van der Waals surface area contributed by atoms with Crippen LogP contribution in [0, 0.1) is 19.8 Å². The minimum absolute atomic E-state index is 0.0917. The van der Waals surface area contributed by atoms with E-state index in [2.05, 4.69) is 5.32 Å². The van der Waals surface area contributed by atoms with Crippen LogP contribution in [-0.4, -0.2) is 41.3 Å². The average molecular weight is 547 g/mol. The molecule has 7 heteroatoms. The van der Waals surface area contributed by atoms with Gasteiger partial charge in [-0.15, -0.1) is 0 Å². The minimum Gasteiger partial charge on any atom is -0.485 e. The number of carbonyl (C=O) groups is 2. The van der Waals surface area contributed by atoms with Gasteiger partial charge in [0.2, 0.25) is 0 Å². The molecule has 0 aliphatic heterocycles. The zero-order chi connectivity index (χ0) is 29.3. The van der Waals surface area contributed by atoms with Crippen LogP contribution in [0.2, 0.25) is 0 Å². The van der Waals surface area contributed by atoms with Crippen molar-refractivity contribution in [3.63, 3.8) is 0 Å². The zero-order valence-electron chi connectivity index (χ0n) is 24.1. The summed E-state index contributed by atoms with van der Waals surface area (Å²) in [7, 11) is 0. The molecule has 0 aliphatic rings. The fourth-order valence-electron chi connectivity index (χ4n) is 4.81. The van der Waals surface area contributed by atoms with Crippen LogP contribution in [0.25, 0.3) is 0 Å². The second-order valence-electron chi connectivity index (χ2n) is 11.3. The normalized spacial score (nSPS) is 14.5. The molecule has 3 aromatic rings. The number of rotatable bonds is 12. The number of hydrogen-bond donors (Lipinski definition) is 3. The predicted molar refractivity (Wildman–Crippen MR) is 157 cm³/mol. The van der Waals surface area contributed by atoms with Crippen LogP contribution < -0.4 is 15.8 Å². The van der Waals surface area contributed by atoms with Crippen molar-refractivity contribution in [3.05, 3.63) is 101 Å². The Morgan fingerprint density at radius 3 is 2.05 bits per heavy atom. The molecule has 0 heterocycles. The summed E-state index contributed by atoms with van der Waals surface area (Å²) in [5.74, 6) is -0.640. The summed E-state index contributed by atoms with van der Waals surface area (Å²) >= 11 is 0. The molecule has 0 radical (unpaired) electrons. The highest BCUT2D eigenvalue weighted by molar-refractivity contribution is 5.84. The van der Waals surface area contributed by atoms with Crippen LogP contribution in [0.5, 0.6) is 5.75 Å². The number of para-hydroxylation sites is 1. The molecule has 0 aliphatic carbocycles. The molecule has 0 bridgehead atoms. The van der Waals surface area contributed by atoms with E-state index in [0.29, 0.717) is 12.2 Å². The molecular formula is C33H42N2O5. The highest BCUT2D eigenvalue weighted by atomic mass is 16.6. The van der Waals surface area contributed by atoms with E-state index in [0.717, 1.165) is 22.3 Å². The lowest BCUT2D eigenvalue weighted by Crippen LogP contribution is -2.46. The quantitative estimate of drug-likeness (QED) is 0.278. The molecule has 3 aromatic carbocycles. The Bertz CT molecular complexity index is 1220. The van der Waals surface area contributed by atoms with Gasteiger partial charge in [-0.25, -0.2) is 4.79 Å². The van der Waals surface area contributed by atoms with E-state index in [1.165, 1.54) is 0 Å². The second kappa shape index (κ2) is 14.1. The van der Waals surface area contributed by atoms with E-state index >= 15 is 0 Å². The second-order valence-corrected chi connectivity index (χ2v) is 11.3. The van der Waals surface area contributed by atoms with E-state index in [1.54, 1.807) is 20.8 Å². The number of aliphatic hydroxyl groups is 1. The highest BCUT2D eigenvalue weighted by Gasteiger charge is 2.36. The van der Waals surface area contributed by atoms with Crippen LogP contribution in [-0.2, 0) is 16.0 Å². The van der Waals surface area contributed by atoms with E-state index in [4.69, 9.17) is 15.2 Å². The summed E-state index contributed by atoms with van der Waals surface area (Å²) in [6.45, 7) is 8.97. The average Bonchev–Trinajstić information content (AvgIpc) is 2.88. The number of carbonyl (C=O) groups excluding carboxylic acids is 2. The van der Waals surface area contributed by atoms with Gasteiger partial charge in [-0.3, -0.25) is 4.79 Å². The smallest absolute Gasteiger partial charge is 0.407 e. The number of alkyl carbamates (subject to hydrolysis) is 1. The first-order chi connectivity index (χ1) is 18.9. The molecule has 4 atom stereocenters. The summed E-state index contributed by atoms with van der Waals surface area (Å²) in [6.07, 6.45) is -1.21. The number of nitrogens with two attached hydrogens (primary N) is 1. The molecule has 7 nitrogen and oxygen atoms in total. The van der Waals surface area contributed by atoms with Gasteiger partial charge in [-0.1, -0.05) is 78.9 Å². The molecule has 40 heavy (non-hydrogen) atoms. The number of aliphatic hydroxyl groups excluding tert-OH is 1. The third-order valence-electron chi connectivity index (χ3n) is 6.70. The summed E-state index contributed by atoms with van der Waals surface area (Å²) in [5, 5.41) is 14.5. The van der Waals surface area contributed by atoms with Gasteiger partial charge < -0.3 is 25.6 Å². The van der Waals surface area contributed by atoms with Crippen molar-refractivity contribution in [2.24, 2.45) is 11.7 Å². The first kappa shape index (κ1) is 30.9. The Balaban J connectivity index is 1.85. The van der Waals surface area contributed by atoms with Gasteiger partial charge in [0.05, 0.1) is 12.0 Å². The molecule has 1 unspecified atom stereocenters. The molecule has 3 rings (SSSR count). The number of hydrogen-bond acceptors (Lipinski definition) is 6. The lowest BCUT2D eigenvalue weighted by Gasteiger charge is -2.31. The van der Waals surface area contributed by atoms with Crippen molar-refractivity contribution in [2.45, 2.75) is 71.2 Å². The van der Waals surface area contributed by atoms with Crippen LogP contribution >= 0.6 is 0 Å². The molecule has 1 amide bonds. The molecule has 0 spiro atoms. The van der Waals surface area contributed by atoms with Crippen LogP contribution in [0.15, 0.2) is 78.9 Å². The lowest BCUT2D eigenvalue weighted by atomic mass is 9.82. The largest absolute Gasteiger partial charge is 0.485 e. The number of aryl methyl sites for hydroxylation is 2. The van der Waals surface area contributed by atoms with Crippen LogP contribution in [0.4, 0.5) is 4.79 Å². The molecule has 0 saturated heterocycles. The first-order valence-electron chi connectivity index (χ1n) is 13.7. The van der Waals surface area contributed by atoms with Gasteiger partial charge in [-0.05, 0) is 69.7 Å². The summed E-state index contributed by atoms with van der Waals surface area (Å²) in [5.41, 5.74) is 9.49. The first-order valence-corrected chi connectivity index (χ1v) is 13.7. The molecule has 0 saturated carbocycles. The van der Waals surface area contributed by atoms with E-state index < -0.39 is 35.8 Å². The monoisotopic (exact) mass is 546 g/mol. The van der Waals surface area contributed by atoms with Gasteiger partial charge in [0, 0.05) is 12.1 Å². The third kappa shape index (κ3) is 9.21. The van der Waals surface area contributed by atoms with Crippen molar-refractivity contribution in [3.8, 4) is 5.75 Å². The molecular weight excluding hydrogens is 504 g/mol. The Labute approximate surface area is 237 Å². The van der Waals surface area contributed by atoms with Crippen molar-refractivity contribution >= 4 is 11.9 Å². The van der Waals surface area contributed by atoms with Crippen LogP contribution in [0.3, 0.4) is 0 Å². The summed E-state index contributed by atoms with van der Waals surface area (Å²) < 4.78 is 11.4. The van der Waals surface area contributed by atoms with Crippen molar-refractivity contribution in [2.75, 3.05) is 6.61 Å². The van der Waals surface area contributed by atoms with Gasteiger partial charge in [0.25, 0.3) is 0 Å². The number of ketones is 1. The molecule has 0 fully saturated rings. The Kier molecular flexibility index (Phi) is 10.9. The Hall–Kier alpha value is -3.68. The number of ether oxygens (including phenoxy) is 2. The van der Waals surface area contributed by atoms with Crippen molar-refractivity contribution in [1.29, 1.82) is 0 Å². The number of nitrogens with one attached hydrogen (secondary N) is 1. The zero-order valence-corrected chi connectivity index (χ0v) is 24.1. The van der Waals surface area contributed by atoms with E-state index in [1.807, 2.05) is 92.7 Å².